The van der Waals surface area contributed by atoms with Crippen molar-refractivity contribution in [1.29, 1.82) is 0 Å². The fourth-order valence-corrected chi connectivity index (χ4v) is 0. The van der Waals surface area contributed by atoms with E-state index in [1.54, 1.807) is 0 Å². The average molecular weight is 274 g/mol. The molecule has 0 fully saturated rings. The van der Waals surface area contributed by atoms with E-state index in [0.717, 1.165) is 13.8 Å². The zero-order valence-electron chi connectivity index (χ0n) is 5.66. The molecule has 6 heteroatoms. The van der Waals surface area contributed by atoms with Crippen LogP contribution in [0.25, 0.3) is 0 Å². The maximum atomic E-state index is 8.89. The molecule has 1 N–H and O–H groups in total. The zero-order valence-corrected chi connectivity index (χ0v) is 9.28. The second-order valence-electron chi connectivity index (χ2n) is 0.983. The van der Waals surface area contributed by atoms with Crippen LogP contribution in [-0.2, 0) is 9.59 Å². The minimum atomic E-state index is -1.08. The van der Waals surface area contributed by atoms with Crippen LogP contribution < -0.4 is 10.2 Å². The van der Waals surface area contributed by atoms with Crippen molar-refractivity contribution in [3.8, 4) is 0 Å². The van der Waals surface area contributed by atoms with Gasteiger partial charge in [0, 0.05) is 11.9 Å². The molecule has 0 aliphatic carbocycles. The number of carboxylic acids is 2. The molecule has 0 saturated carbocycles. The maximum absolute atomic E-state index is 8.89. The number of carbonyl (C=O) groups is 2. The fraction of sp³-hybridized carbons (Fsp3) is 0.500. The van der Waals surface area contributed by atoms with E-state index in [1.165, 1.54) is 0 Å². The standard InChI is InChI=1S/2C2H4O2.La.H2O/c2*1-2(3)4;;/h2*1H3,(H,3,4);;1H2/q;;+3;/p-3. The van der Waals surface area contributed by atoms with Crippen molar-refractivity contribution < 1.29 is 60.9 Å². The summed E-state index contributed by atoms with van der Waals surface area (Å²) in [6, 6.07) is 0. The van der Waals surface area contributed by atoms with Crippen LogP contribution >= 0.6 is 0 Å². The topological polar surface area (TPSA) is 110 Å². The Kier molecular flexibility index (Phi) is 36.1. The molecule has 0 radical (unpaired) electrons. The number of rotatable bonds is 0. The first-order chi connectivity index (χ1) is 3.46. The third-order valence-electron chi connectivity index (χ3n) is 0. The first kappa shape index (κ1) is 22.5. The van der Waals surface area contributed by atoms with Crippen molar-refractivity contribution in [2.24, 2.45) is 0 Å². The minimum Gasteiger partial charge on any atom is -0.870 e. The van der Waals surface area contributed by atoms with Gasteiger partial charge in [-0.05, 0) is 13.8 Å². The van der Waals surface area contributed by atoms with E-state index in [0.29, 0.717) is 0 Å². The summed E-state index contributed by atoms with van der Waals surface area (Å²) < 4.78 is 0. The molecule has 0 atom stereocenters. The van der Waals surface area contributed by atoms with E-state index in [1.807, 2.05) is 0 Å². The van der Waals surface area contributed by atoms with Crippen LogP contribution in [0.1, 0.15) is 13.8 Å². The Hall–Kier alpha value is 0.0948. The molecule has 10 heavy (non-hydrogen) atoms. The minimum absolute atomic E-state index is 0. The van der Waals surface area contributed by atoms with Gasteiger partial charge in [-0.2, -0.15) is 0 Å². The maximum Gasteiger partial charge on any atom is 3.00 e. The molecule has 0 unspecified atom stereocenters. The Morgan fingerprint density at radius 2 is 1.00 bits per heavy atom. The fourth-order valence-electron chi connectivity index (χ4n) is 0. The van der Waals surface area contributed by atoms with E-state index >= 15 is 0 Å². The Morgan fingerprint density at radius 1 is 1.00 bits per heavy atom. The summed E-state index contributed by atoms with van der Waals surface area (Å²) >= 11 is 0. The number of carbonyl (C=O) groups excluding carboxylic acids is 2. The van der Waals surface area contributed by atoms with Gasteiger partial charge < -0.3 is 25.3 Å². The van der Waals surface area contributed by atoms with Crippen LogP contribution in [0.3, 0.4) is 0 Å². The number of hydrogen-bond acceptors (Lipinski definition) is 5. The third kappa shape index (κ3) is 45300. The molecular weight excluding hydrogens is 267 g/mol. The summed E-state index contributed by atoms with van der Waals surface area (Å²) in [5.41, 5.74) is 0. The second-order valence-corrected chi connectivity index (χ2v) is 0.983. The van der Waals surface area contributed by atoms with Crippen LogP contribution in [0.5, 0.6) is 0 Å². The normalized spacial score (nSPS) is 5.00. The smallest absolute Gasteiger partial charge is 0.870 e. The summed E-state index contributed by atoms with van der Waals surface area (Å²) in [6.45, 7) is 1.94. The van der Waals surface area contributed by atoms with Gasteiger partial charge in [0.1, 0.15) is 0 Å². The van der Waals surface area contributed by atoms with Crippen molar-refractivity contribution in [1.82, 2.24) is 0 Å². The van der Waals surface area contributed by atoms with E-state index in [2.05, 4.69) is 0 Å². The predicted octanol–water partition coefficient (Wildman–Crippen LogP) is -2.66. The van der Waals surface area contributed by atoms with E-state index in [9.17, 15) is 0 Å². The third-order valence-corrected chi connectivity index (χ3v) is 0. The SMILES string of the molecule is CC(=O)[O-].CC(=O)[O-].[La+3].[OH-]. The first-order valence-corrected chi connectivity index (χ1v) is 1.82. The molecular formula is C4H7LaO5. The number of carboxylic acid groups (broad SMARTS) is 2. The summed E-state index contributed by atoms with van der Waals surface area (Å²) in [7, 11) is 0. The van der Waals surface area contributed by atoms with Crippen molar-refractivity contribution in [3.05, 3.63) is 0 Å². The number of hydrogen-bond donors (Lipinski definition) is 0. The van der Waals surface area contributed by atoms with Gasteiger partial charge >= 0.3 is 35.6 Å². The summed E-state index contributed by atoms with van der Waals surface area (Å²) in [5.74, 6) is -2.17. The van der Waals surface area contributed by atoms with Gasteiger partial charge in [0.05, 0.1) is 0 Å². The van der Waals surface area contributed by atoms with Gasteiger partial charge in [-0.15, -0.1) is 0 Å². The van der Waals surface area contributed by atoms with Crippen molar-refractivity contribution in [2.75, 3.05) is 0 Å². The molecule has 0 saturated heterocycles. The van der Waals surface area contributed by atoms with Gasteiger partial charge in [-0.3, -0.25) is 0 Å². The largest absolute Gasteiger partial charge is 3.00 e. The van der Waals surface area contributed by atoms with Gasteiger partial charge in [0.25, 0.3) is 0 Å². The number of aliphatic carboxylic acids is 2. The molecule has 0 aliphatic rings. The molecule has 5 nitrogen and oxygen atoms in total. The Bertz CT molecular complexity index is 71.6. The molecule has 0 spiro atoms. The Morgan fingerprint density at radius 3 is 1.00 bits per heavy atom. The molecule has 0 aliphatic heterocycles. The zero-order chi connectivity index (χ0) is 7.15. The van der Waals surface area contributed by atoms with Crippen LogP contribution in [0.4, 0.5) is 0 Å². The molecule has 0 aromatic rings. The average Bonchev–Trinajstić information content (AvgIpc) is 1.25. The molecule has 56 valence electrons. The quantitative estimate of drug-likeness (QED) is 0.478. The molecule has 0 aromatic heterocycles. The van der Waals surface area contributed by atoms with Crippen LogP contribution in [-0.4, -0.2) is 17.4 Å². The Labute approximate surface area is 86.3 Å². The van der Waals surface area contributed by atoms with Gasteiger partial charge in [-0.25, -0.2) is 0 Å². The Balaban J connectivity index is -0.0000000300. The van der Waals surface area contributed by atoms with Gasteiger partial charge in [0.15, 0.2) is 0 Å². The second kappa shape index (κ2) is 16.0. The van der Waals surface area contributed by atoms with Crippen LogP contribution in [0.15, 0.2) is 0 Å². The summed E-state index contributed by atoms with van der Waals surface area (Å²) in [5, 5.41) is 17.8. The molecule has 0 aromatic carbocycles. The van der Waals surface area contributed by atoms with E-state index in [4.69, 9.17) is 19.8 Å². The summed E-state index contributed by atoms with van der Waals surface area (Å²) in [6.07, 6.45) is 0. The van der Waals surface area contributed by atoms with Crippen LogP contribution in [0, 0.1) is 35.6 Å². The van der Waals surface area contributed by atoms with E-state index in [-0.39, 0.29) is 41.1 Å². The molecule has 0 amide bonds. The van der Waals surface area contributed by atoms with Gasteiger partial charge in [0.2, 0.25) is 0 Å². The first-order valence-electron chi connectivity index (χ1n) is 1.82. The van der Waals surface area contributed by atoms with Gasteiger partial charge in [-0.1, -0.05) is 0 Å². The predicted molar refractivity (Wildman–Crippen MR) is 23.3 cm³/mol. The summed E-state index contributed by atoms with van der Waals surface area (Å²) in [4.78, 5) is 17.8. The van der Waals surface area contributed by atoms with Crippen LogP contribution in [0.2, 0.25) is 0 Å². The molecule has 0 rings (SSSR count). The van der Waals surface area contributed by atoms with Crippen molar-refractivity contribution in [3.63, 3.8) is 0 Å². The monoisotopic (exact) mass is 274 g/mol. The molecule has 0 heterocycles. The van der Waals surface area contributed by atoms with Crippen molar-refractivity contribution >= 4 is 11.9 Å². The van der Waals surface area contributed by atoms with Crippen molar-refractivity contribution in [2.45, 2.75) is 13.8 Å². The molecule has 0 bridgehead atoms. The van der Waals surface area contributed by atoms with E-state index < -0.39 is 11.9 Å².